The van der Waals surface area contributed by atoms with Crippen molar-refractivity contribution in [2.24, 2.45) is 5.92 Å². The number of phenolic OH excluding ortho intramolecular Hbond substituents is 1. The van der Waals surface area contributed by atoms with E-state index < -0.39 is 29.5 Å². The van der Waals surface area contributed by atoms with E-state index in [1.54, 1.807) is 13.0 Å². The summed E-state index contributed by atoms with van der Waals surface area (Å²) >= 11 is 0. The van der Waals surface area contributed by atoms with Crippen LogP contribution in [0.25, 0.3) is 0 Å². The highest BCUT2D eigenvalue weighted by atomic mass is 19.4. The molecular formula is C26H25F3N2O5. The Morgan fingerprint density at radius 3 is 2.58 bits per heavy atom. The van der Waals surface area contributed by atoms with Crippen molar-refractivity contribution in [3.63, 3.8) is 0 Å². The van der Waals surface area contributed by atoms with E-state index >= 15 is 0 Å². The molecule has 0 radical (unpaired) electrons. The second-order valence-corrected chi connectivity index (χ2v) is 8.54. The van der Waals surface area contributed by atoms with Crippen LogP contribution < -0.4 is 9.64 Å². The van der Waals surface area contributed by atoms with E-state index in [2.05, 4.69) is 0 Å². The Labute approximate surface area is 205 Å². The zero-order chi connectivity index (χ0) is 26.2. The van der Waals surface area contributed by atoms with E-state index in [0.29, 0.717) is 24.1 Å². The highest BCUT2D eigenvalue weighted by Crippen LogP contribution is 2.48. The number of hydrogen-bond acceptors (Lipinski definition) is 6. The van der Waals surface area contributed by atoms with Crippen molar-refractivity contribution in [1.29, 1.82) is 5.41 Å². The summed E-state index contributed by atoms with van der Waals surface area (Å²) in [5.41, 5.74) is 0.116. The number of rotatable bonds is 5. The summed E-state index contributed by atoms with van der Waals surface area (Å²) in [5, 5.41) is 19.4. The van der Waals surface area contributed by atoms with Crippen LogP contribution in [-0.2, 0) is 20.5 Å². The maximum atomic E-state index is 13.5. The number of aromatic hydroxyl groups is 1. The van der Waals surface area contributed by atoms with Gasteiger partial charge in [0, 0.05) is 29.3 Å². The van der Waals surface area contributed by atoms with Gasteiger partial charge in [0.05, 0.1) is 19.3 Å². The van der Waals surface area contributed by atoms with Crippen molar-refractivity contribution >= 4 is 23.3 Å². The topological polar surface area (TPSA) is 99.9 Å². The van der Waals surface area contributed by atoms with Crippen LogP contribution in [0.4, 0.5) is 18.9 Å². The molecule has 2 unspecified atom stereocenters. The molecule has 0 amide bonds. The van der Waals surface area contributed by atoms with Crippen LogP contribution in [-0.4, -0.2) is 36.4 Å². The lowest BCUT2D eigenvalue weighted by Crippen LogP contribution is -2.49. The number of nitrogens with zero attached hydrogens (tertiary/aromatic N) is 1. The largest absolute Gasteiger partial charge is 0.504 e. The zero-order valence-electron chi connectivity index (χ0n) is 19.7. The van der Waals surface area contributed by atoms with Crippen molar-refractivity contribution in [2.75, 3.05) is 18.6 Å². The molecule has 0 saturated carbocycles. The monoisotopic (exact) mass is 502 g/mol. The SMILES string of the molecule is CCOC(=O)C1C(=N)N(c2cccc(C(F)(F)F)c2)C2=C(C(=O)CCC2)C1c1ccc(OC)c(O)c1. The van der Waals surface area contributed by atoms with Crippen molar-refractivity contribution in [2.45, 2.75) is 38.3 Å². The first-order valence-electron chi connectivity index (χ1n) is 11.4. The molecule has 2 aromatic carbocycles. The lowest BCUT2D eigenvalue weighted by Gasteiger charge is -2.43. The van der Waals surface area contributed by atoms with E-state index in [-0.39, 0.29) is 47.4 Å². The predicted molar refractivity (Wildman–Crippen MR) is 125 cm³/mol. The third-order valence-corrected chi connectivity index (χ3v) is 6.41. The van der Waals surface area contributed by atoms with Crippen LogP contribution in [0.2, 0.25) is 0 Å². The van der Waals surface area contributed by atoms with Crippen molar-refractivity contribution in [1.82, 2.24) is 0 Å². The first-order chi connectivity index (χ1) is 17.1. The van der Waals surface area contributed by atoms with E-state index in [1.807, 2.05) is 0 Å². The zero-order valence-corrected chi connectivity index (χ0v) is 19.7. The summed E-state index contributed by atoms with van der Waals surface area (Å²) in [6.45, 7) is 1.60. The van der Waals surface area contributed by atoms with E-state index in [9.17, 15) is 27.9 Å². The highest BCUT2D eigenvalue weighted by Gasteiger charge is 2.48. The van der Waals surface area contributed by atoms with Gasteiger partial charge in [-0.15, -0.1) is 0 Å². The smallest absolute Gasteiger partial charge is 0.416 e. The highest BCUT2D eigenvalue weighted by molar-refractivity contribution is 6.16. The van der Waals surface area contributed by atoms with Crippen LogP contribution in [0.1, 0.15) is 43.2 Å². The Hall–Kier alpha value is -3.82. The molecule has 190 valence electrons. The number of amidine groups is 1. The molecule has 2 N–H and O–H groups in total. The summed E-state index contributed by atoms with van der Waals surface area (Å²) in [7, 11) is 1.38. The van der Waals surface area contributed by atoms with Gasteiger partial charge < -0.3 is 19.5 Å². The van der Waals surface area contributed by atoms with E-state index in [1.165, 1.54) is 36.3 Å². The number of halogens is 3. The Kier molecular flexibility index (Phi) is 6.79. The molecule has 2 aliphatic rings. The molecule has 0 fully saturated rings. The van der Waals surface area contributed by atoms with Gasteiger partial charge in [-0.05, 0) is 55.7 Å². The summed E-state index contributed by atoms with van der Waals surface area (Å²) in [5.74, 6) is -3.67. The van der Waals surface area contributed by atoms with Gasteiger partial charge in [0.1, 0.15) is 11.8 Å². The number of methoxy groups -OCH3 is 1. The molecule has 0 spiro atoms. The molecule has 1 aliphatic carbocycles. The Bertz CT molecular complexity index is 1250. The quantitative estimate of drug-likeness (QED) is 0.546. The molecule has 0 bridgehead atoms. The second-order valence-electron chi connectivity index (χ2n) is 8.54. The Balaban J connectivity index is 1.97. The molecule has 2 atom stereocenters. The summed E-state index contributed by atoms with van der Waals surface area (Å²) in [6.07, 6.45) is -3.65. The maximum absolute atomic E-state index is 13.5. The first kappa shape index (κ1) is 25.3. The Morgan fingerprint density at radius 1 is 1.19 bits per heavy atom. The molecule has 10 heteroatoms. The van der Waals surface area contributed by atoms with Gasteiger partial charge in [-0.1, -0.05) is 12.1 Å². The number of Topliss-reactive ketones (excluding diaryl/α,β-unsaturated/α-hetero) is 1. The van der Waals surface area contributed by atoms with Gasteiger partial charge in [-0.2, -0.15) is 13.2 Å². The number of alkyl halides is 3. The van der Waals surface area contributed by atoms with Crippen molar-refractivity contribution in [3.05, 3.63) is 64.9 Å². The van der Waals surface area contributed by atoms with Crippen molar-refractivity contribution < 1.29 is 37.3 Å². The molecule has 4 rings (SSSR count). The number of phenols is 1. The van der Waals surface area contributed by atoms with Gasteiger partial charge in [-0.25, -0.2) is 0 Å². The minimum Gasteiger partial charge on any atom is -0.504 e. The number of hydrogen-bond donors (Lipinski definition) is 2. The van der Waals surface area contributed by atoms with Crippen LogP contribution in [0.15, 0.2) is 53.7 Å². The molecule has 7 nitrogen and oxygen atoms in total. The van der Waals surface area contributed by atoms with Crippen LogP contribution in [0.3, 0.4) is 0 Å². The molecule has 2 aromatic rings. The fourth-order valence-corrected chi connectivity index (χ4v) is 4.90. The van der Waals surface area contributed by atoms with Gasteiger partial charge in [0.25, 0.3) is 0 Å². The van der Waals surface area contributed by atoms with Crippen molar-refractivity contribution in [3.8, 4) is 11.5 Å². The van der Waals surface area contributed by atoms with Gasteiger partial charge in [0.2, 0.25) is 0 Å². The summed E-state index contributed by atoms with van der Waals surface area (Å²) < 4.78 is 50.8. The first-order valence-corrected chi connectivity index (χ1v) is 11.4. The summed E-state index contributed by atoms with van der Waals surface area (Å²) in [4.78, 5) is 27.7. The van der Waals surface area contributed by atoms with Gasteiger partial charge >= 0.3 is 12.1 Å². The molecule has 0 aromatic heterocycles. The number of esters is 1. The minimum absolute atomic E-state index is 0.00655. The molecule has 36 heavy (non-hydrogen) atoms. The van der Waals surface area contributed by atoms with E-state index in [4.69, 9.17) is 14.9 Å². The standard InChI is InChI=1S/C26H25F3N2O5/c1-3-36-25(34)23-21(14-10-11-20(35-2)19(33)12-14)22-17(8-5-9-18(22)32)31(24(23)30)16-7-4-6-15(13-16)26(27,28)29/h4,6-7,10-13,21,23,30,33H,3,5,8-9H2,1-2H3. The fourth-order valence-electron chi connectivity index (χ4n) is 4.90. The third-order valence-electron chi connectivity index (χ3n) is 6.41. The lowest BCUT2D eigenvalue weighted by atomic mass is 9.71. The van der Waals surface area contributed by atoms with Crippen LogP contribution in [0.5, 0.6) is 11.5 Å². The number of nitrogens with one attached hydrogen (secondary N) is 1. The van der Waals surface area contributed by atoms with E-state index in [0.717, 1.165) is 12.1 Å². The van der Waals surface area contributed by atoms with Crippen LogP contribution >= 0.6 is 0 Å². The Morgan fingerprint density at radius 2 is 1.94 bits per heavy atom. The molecule has 0 saturated heterocycles. The molecule has 1 aliphatic heterocycles. The fraction of sp³-hybridized carbons (Fsp3) is 0.346. The van der Waals surface area contributed by atoms with Gasteiger partial charge in [-0.3, -0.25) is 15.0 Å². The number of ketones is 1. The normalized spacial score (nSPS) is 20.3. The molecular weight excluding hydrogens is 477 g/mol. The summed E-state index contributed by atoms with van der Waals surface area (Å²) in [6, 6.07) is 8.91. The number of carbonyl (C=O) groups is 2. The van der Waals surface area contributed by atoms with Gasteiger partial charge in [0.15, 0.2) is 17.3 Å². The number of allylic oxidation sites excluding steroid dienone is 2. The second kappa shape index (κ2) is 9.67. The number of ether oxygens (including phenoxy) is 2. The minimum atomic E-state index is -4.61. The predicted octanol–water partition coefficient (Wildman–Crippen LogP) is 5.19. The third kappa shape index (κ3) is 4.43. The van der Waals surface area contributed by atoms with Crippen LogP contribution in [0, 0.1) is 11.3 Å². The average Bonchev–Trinajstić information content (AvgIpc) is 2.83. The lowest BCUT2D eigenvalue weighted by molar-refractivity contribution is -0.146. The molecule has 1 heterocycles. The number of benzene rings is 2. The number of anilines is 1. The average molecular weight is 502 g/mol. The number of carbonyl (C=O) groups excluding carboxylic acids is 2. The maximum Gasteiger partial charge on any atom is 0.416 e.